The summed E-state index contributed by atoms with van der Waals surface area (Å²) in [6.45, 7) is 7.16. The number of rotatable bonds is 10. The van der Waals surface area contributed by atoms with Gasteiger partial charge >= 0.3 is 0 Å². The summed E-state index contributed by atoms with van der Waals surface area (Å²) in [7, 11) is 0. The van der Waals surface area contributed by atoms with Crippen LogP contribution in [-0.2, 0) is 4.74 Å². The molecule has 0 saturated carbocycles. The Morgan fingerprint density at radius 1 is 0.852 bits per heavy atom. The molecule has 1 aliphatic rings. The molecule has 1 unspecified atom stereocenters. The summed E-state index contributed by atoms with van der Waals surface area (Å²) >= 11 is 0. The van der Waals surface area contributed by atoms with Crippen molar-refractivity contribution in [3.8, 4) is 5.75 Å². The molecule has 1 atom stereocenters. The standard InChI is InChI=1S/C24H33NO2/c1-2-3-19-26-23-14-12-22(13-15-23)24(21-10-6-4-7-11-21)27-20-18-25-16-8-5-9-17-25/h4,6-7,10-15,24H,2-3,5,8-9,16-20H2,1H3. The number of ether oxygens (including phenoxy) is 2. The van der Waals surface area contributed by atoms with Crippen LogP contribution in [0.3, 0.4) is 0 Å². The number of nitrogens with zero attached hydrogens (tertiary/aromatic N) is 1. The molecule has 1 heterocycles. The average molecular weight is 368 g/mol. The number of benzene rings is 2. The molecule has 1 saturated heterocycles. The van der Waals surface area contributed by atoms with Crippen molar-refractivity contribution in [3.05, 3.63) is 65.7 Å². The molecule has 0 spiro atoms. The van der Waals surface area contributed by atoms with E-state index in [1.807, 2.05) is 0 Å². The van der Waals surface area contributed by atoms with Crippen LogP contribution in [0.5, 0.6) is 5.75 Å². The smallest absolute Gasteiger partial charge is 0.119 e. The van der Waals surface area contributed by atoms with E-state index in [2.05, 4.69) is 66.4 Å². The fraction of sp³-hybridized carbons (Fsp3) is 0.500. The Morgan fingerprint density at radius 2 is 1.56 bits per heavy atom. The summed E-state index contributed by atoms with van der Waals surface area (Å²) in [4.78, 5) is 2.52. The van der Waals surface area contributed by atoms with E-state index in [1.165, 1.54) is 43.5 Å². The lowest BCUT2D eigenvalue weighted by Gasteiger charge is -2.27. The second-order valence-corrected chi connectivity index (χ2v) is 7.33. The van der Waals surface area contributed by atoms with Crippen LogP contribution in [0.1, 0.15) is 56.3 Å². The first-order chi connectivity index (χ1) is 13.4. The summed E-state index contributed by atoms with van der Waals surface area (Å²) in [6, 6.07) is 18.9. The topological polar surface area (TPSA) is 21.7 Å². The van der Waals surface area contributed by atoms with Crippen LogP contribution in [0.25, 0.3) is 0 Å². The number of unbranched alkanes of at least 4 members (excludes halogenated alkanes) is 1. The van der Waals surface area contributed by atoms with Gasteiger partial charge in [0.1, 0.15) is 11.9 Å². The molecule has 0 aliphatic carbocycles. The first-order valence-electron chi connectivity index (χ1n) is 10.5. The SMILES string of the molecule is CCCCOc1ccc(C(OCCN2CCCCC2)c2ccccc2)cc1. The van der Waals surface area contributed by atoms with Crippen LogP contribution in [0.4, 0.5) is 0 Å². The molecule has 2 aromatic rings. The van der Waals surface area contributed by atoms with Crippen molar-refractivity contribution in [2.24, 2.45) is 0 Å². The van der Waals surface area contributed by atoms with Crippen LogP contribution >= 0.6 is 0 Å². The van der Waals surface area contributed by atoms with Crippen molar-refractivity contribution in [2.45, 2.75) is 45.1 Å². The zero-order valence-electron chi connectivity index (χ0n) is 16.6. The van der Waals surface area contributed by atoms with Crippen molar-refractivity contribution < 1.29 is 9.47 Å². The van der Waals surface area contributed by atoms with Crippen LogP contribution < -0.4 is 4.74 Å². The van der Waals surface area contributed by atoms with E-state index in [1.54, 1.807) is 0 Å². The maximum atomic E-state index is 6.37. The third kappa shape index (κ3) is 6.37. The van der Waals surface area contributed by atoms with E-state index in [4.69, 9.17) is 9.47 Å². The third-order valence-corrected chi connectivity index (χ3v) is 5.19. The van der Waals surface area contributed by atoms with Gasteiger partial charge in [-0.25, -0.2) is 0 Å². The van der Waals surface area contributed by atoms with Gasteiger partial charge in [-0.3, -0.25) is 0 Å². The number of hydrogen-bond acceptors (Lipinski definition) is 3. The Morgan fingerprint density at radius 3 is 2.26 bits per heavy atom. The van der Waals surface area contributed by atoms with Gasteiger partial charge in [0, 0.05) is 6.54 Å². The minimum Gasteiger partial charge on any atom is -0.494 e. The van der Waals surface area contributed by atoms with Crippen LogP contribution in [0, 0.1) is 0 Å². The lowest BCUT2D eigenvalue weighted by atomic mass is 10.0. The van der Waals surface area contributed by atoms with Crippen molar-refractivity contribution in [1.29, 1.82) is 0 Å². The molecule has 2 aromatic carbocycles. The predicted molar refractivity (Wildman–Crippen MR) is 111 cm³/mol. The minimum absolute atomic E-state index is 0.0271. The van der Waals surface area contributed by atoms with Gasteiger partial charge in [-0.1, -0.05) is 62.2 Å². The highest BCUT2D eigenvalue weighted by molar-refractivity contribution is 5.34. The molecule has 0 aromatic heterocycles. The van der Waals surface area contributed by atoms with Crippen LogP contribution in [-0.4, -0.2) is 37.7 Å². The van der Waals surface area contributed by atoms with Crippen LogP contribution in [0.15, 0.2) is 54.6 Å². The largest absolute Gasteiger partial charge is 0.494 e. The fourth-order valence-corrected chi connectivity index (χ4v) is 3.57. The van der Waals surface area contributed by atoms with Gasteiger partial charge in [-0.15, -0.1) is 0 Å². The van der Waals surface area contributed by atoms with Crippen molar-refractivity contribution >= 4 is 0 Å². The summed E-state index contributed by atoms with van der Waals surface area (Å²) in [5.74, 6) is 0.937. The lowest BCUT2D eigenvalue weighted by Crippen LogP contribution is -2.33. The monoisotopic (exact) mass is 367 g/mol. The number of likely N-dealkylation sites (tertiary alicyclic amines) is 1. The minimum atomic E-state index is -0.0271. The molecule has 0 bridgehead atoms. The Hall–Kier alpha value is -1.84. The summed E-state index contributed by atoms with van der Waals surface area (Å²) in [6.07, 6.45) is 6.23. The molecule has 3 nitrogen and oxygen atoms in total. The Labute approximate surface area is 164 Å². The Bertz CT molecular complexity index is 635. The maximum absolute atomic E-state index is 6.37. The maximum Gasteiger partial charge on any atom is 0.119 e. The van der Waals surface area contributed by atoms with Crippen molar-refractivity contribution in [1.82, 2.24) is 4.90 Å². The molecular formula is C24H33NO2. The first-order valence-corrected chi connectivity index (χ1v) is 10.5. The second kappa shape index (κ2) is 11.1. The van der Waals surface area contributed by atoms with Crippen LogP contribution in [0.2, 0.25) is 0 Å². The fourth-order valence-electron chi connectivity index (χ4n) is 3.57. The second-order valence-electron chi connectivity index (χ2n) is 7.33. The number of piperidine rings is 1. The molecule has 146 valence electrons. The van der Waals surface area contributed by atoms with E-state index in [9.17, 15) is 0 Å². The third-order valence-electron chi connectivity index (χ3n) is 5.19. The zero-order valence-corrected chi connectivity index (χ0v) is 16.6. The molecule has 27 heavy (non-hydrogen) atoms. The van der Waals surface area contributed by atoms with Gasteiger partial charge in [0.25, 0.3) is 0 Å². The van der Waals surface area contributed by atoms with Crippen molar-refractivity contribution in [3.63, 3.8) is 0 Å². The summed E-state index contributed by atoms with van der Waals surface area (Å²) < 4.78 is 12.2. The molecule has 0 amide bonds. The highest BCUT2D eigenvalue weighted by atomic mass is 16.5. The lowest BCUT2D eigenvalue weighted by molar-refractivity contribution is 0.0557. The normalized spacial score (nSPS) is 16.2. The zero-order chi connectivity index (χ0) is 18.7. The van der Waals surface area contributed by atoms with Gasteiger partial charge in [-0.05, 0) is 55.6 Å². The van der Waals surface area contributed by atoms with E-state index in [0.29, 0.717) is 0 Å². The van der Waals surface area contributed by atoms with E-state index in [0.717, 1.165) is 38.3 Å². The summed E-state index contributed by atoms with van der Waals surface area (Å²) in [5, 5.41) is 0. The molecule has 0 radical (unpaired) electrons. The van der Waals surface area contributed by atoms with Gasteiger partial charge in [-0.2, -0.15) is 0 Å². The van der Waals surface area contributed by atoms with E-state index in [-0.39, 0.29) is 6.10 Å². The highest BCUT2D eigenvalue weighted by Gasteiger charge is 2.16. The molecule has 1 aliphatic heterocycles. The first kappa shape index (κ1) is 19.9. The van der Waals surface area contributed by atoms with Gasteiger partial charge in [0.2, 0.25) is 0 Å². The highest BCUT2D eigenvalue weighted by Crippen LogP contribution is 2.27. The van der Waals surface area contributed by atoms with Crippen molar-refractivity contribution in [2.75, 3.05) is 32.8 Å². The van der Waals surface area contributed by atoms with E-state index >= 15 is 0 Å². The Balaban J connectivity index is 1.62. The van der Waals surface area contributed by atoms with Gasteiger partial charge < -0.3 is 14.4 Å². The average Bonchev–Trinajstić information content (AvgIpc) is 2.74. The van der Waals surface area contributed by atoms with Gasteiger partial charge in [0.15, 0.2) is 0 Å². The molecule has 3 rings (SSSR count). The molecule has 3 heteroatoms. The van der Waals surface area contributed by atoms with E-state index < -0.39 is 0 Å². The molecule has 0 N–H and O–H groups in total. The predicted octanol–water partition coefficient (Wildman–Crippen LogP) is 5.46. The molecule has 1 fully saturated rings. The Kier molecular flexibility index (Phi) is 8.19. The molecular weight excluding hydrogens is 334 g/mol. The summed E-state index contributed by atoms with van der Waals surface area (Å²) in [5.41, 5.74) is 2.39. The number of hydrogen-bond donors (Lipinski definition) is 0. The van der Waals surface area contributed by atoms with Gasteiger partial charge in [0.05, 0.1) is 13.2 Å². The quantitative estimate of drug-likeness (QED) is 0.521.